The van der Waals surface area contributed by atoms with E-state index in [0.29, 0.717) is 23.9 Å². The highest BCUT2D eigenvalue weighted by molar-refractivity contribution is 7.14. The Kier molecular flexibility index (Phi) is 4.83. The number of hydrogen-bond acceptors (Lipinski definition) is 4. The number of aliphatic hydroxyl groups is 1. The molecular weight excluding hydrogens is 274 g/mol. The largest absolute Gasteiger partial charge is 0.477 e. The fraction of sp³-hybridized carbons (Fsp3) is 0.667. The number of nitrogens with one attached hydrogen (secondary N) is 1. The van der Waals surface area contributed by atoms with Gasteiger partial charge < -0.3 is 15.5 Å². The van der Waals surface area contributed by atoms with Crippen molar-refractivity contribution in [2.24, 2.45) is 5.92 Å². The van der Waals surface area contributed by atoms with Crippen LogP contribution in [0.25, 0.3) is 0 Å². The predicted octanol–water partition coefficient (Wildman–Crippen LogP) is 2.79. The van der Waals surface area contributed by atoms with Crippen molar-refractivity contribution in [3.8, 4) is 0 Å². The first-order valence-electron chi connectivity index (χ1n) is 7.15. The van der Waals surface area contributed by atoms with Crippen molar-refractivity contribution in [1.29, 1.82) is 0 Å². The molecule has 1 aromatic heterocycles. The van der Waals surface area contributed by atoms with Gasteiger partial charge in [0, 0.05) is 18.0 Å². The Hall–Kier alpha value is -0.910. The van der Waals surface area contributed by atoms with E-state index < -0.39 is 11.6 Å². The van der Waals surface area contributed by atoms with Crippen LogP contribution in [0.5, 0.6) is 0 Å². The highest BCUT2D eigenvalue weighted by Gasteiger charge is 2.32. The van der Waals surface area contributed by atoms with Gasteiger partial charge in [-0.1, -0.05) is 19.8 Å². The van der Waals surface area contributed by atoms with Gasteiger partial charge in [-0.15, -0.1) is 11.3 Å². The molecule has 2 atom stereocenters. The maximum absolute atomic E-state index is 10.9. The van der Waals surface area contributed by atoms with Gasteiger partial charge in [0.05, 0.1) is 5.60 Å². The second-order valence-corrected chi connectivity index (χ2v) is 7.28. The van der Waals surface area contributed by atoms with Gasteiger partial charge >= 0.3 is 5.97 Å². The van der Waals surface area contributed by atoms with Crippen LogP contribution in [0.15, 0.2) is 6.07 Å². The van der Waals surface area contributed by atoms with Gasteiger partial charge in [-0.3, -0.25) is 0 Å². The van der Waals surface area contributed by atoms with E-state index in [2.05, 4.69) is 12.2 Å². The van der Waals surface area contributed by atoms with Crippen molar-refractivity contribution < 1.29 is 15.0 Å². The fourth-order valence-corrected chi connectivity index (χ4v) is 3.90. The number of rotatable bonds is 5. The summed E-state index contributed by atoms with van der Waals surface area (Å²) in [7, 11) is 0. The van der Waals surface area contributed by atoms with Crippen LogP contribution < -0.4 is 5.32 Å². The Balaban J connectivity index is 1.88. The quantitative estimate of drug-likeness (QED) is 0.781. The maximum Gasteiger partial charge on any atom is 0.345 e. The Bertz CT molecular complexity index is 485. The third-order valence-electron chi connectivity index (χ3n) is 4.07. The molecule has 1 aliphatic carbocycles. The normalized spacial score (nSPS) is 26.6. The number of carboxylic acids is 1. The molecule has 0 spiro atoms. The van der Waals surface area contributed by atoms with Crippen molar-refractivity contribution in [2.75, 3.05) is 6.54 Å². The summed E-state index contributed by atoms with van der Waals surface area (Å²) in [5, 5.41) is 22.8. The molecule has 0 radical (unpaired) electrons. The molecule has 2 unspecified atom stereocenters. The van der Waals surface area contributed by atoms with Gasteiger partial charge in [0.1, 0.15) is 4.88 Å². The molecule has 1 heterocycles. The number of aryl methyl sites for hydroxylation is 1. The van der Waals surface area contributed by atoms with Gasteiger partial charge in [-0.05, 0) is 37.3 Å². The number of thiophene rings is 1. The molecule has 1 aromatic rings. The van der Waals surface area contributed by atoms with Crippen LogP contribution in [0.4, 0.5) is 0 Å². The molecule has 1 fully saturated rings. The molecule has 20 heavy (non-hydrogen) atoms. The van der Waals surface area contributed by atoms with Crippen molar-refractivity contribution in [2.45, 2.75) is 51.7 Å². The minimum Gasteiger partial charge on any atom is -0.477 e. The van der Waals surface area contributed by atoms with Crippen LogP contribution in [0.1, 0.15) is 52.7 Å². The number of carbonyl (C=O) groups is 1. The van der Waals surface area contributed by atoms with Crippen molar-refractivity contribution in [1.82, 2.24) is 5.32 Å². The number of carboxylic acid groups (broad SMARTS) is 1. The fourth-order valence-electron chi connectivity index (χ4n) is 3.02. The van der Waals surface area contributed by atoms with Gasteiger partial charge in [0.2, 0.25) is 0 Å². The lowest BCUT2D eigenvalue weighted by atomic mass is 9.79. The Morgan fingerprint density at radius 3 is 2.95 bits per heavy atom. The molecule has 0 aliphatic heterocycles. The average molecular weight is 297 g/mol. The lowest BCUT2D eigenvalue weighted by Crippen LogP contribution is -2.43. The molecule has 4 nitrogen and oxygen atoms in total. The third-order valence-corrected chi connectivity index (χ3v) is 5.15. The molecule has 0 amide bonds. The minimum atomic E-state index is -0.871. The van der Waals surface area contributed by atoms with E-state index in [1.807, 2.05) is 6.92 Å². The van der Waals surface area contributed by atoms with Crippen molar-refractivity contribution in [3.63, 3.8) is 0 Å². The second-order valence-electron chi connectivity index (χ2n) is 6.03. The summed E-state index contributed by atoms with van der Waals surface area (Å²) in [5.74, 6) is -0.291. The van der Waals surface area contributed by atoms with Crippen LogP contribution in [0.3, 0.4) is 0 Å². The molecule has 1 aliphatic rings. The minimum absolute atomic E-state index is 0.379. The van der Waals surface area contributed by atoms with Crippen LogP contribution >= 0.6 is 11.3 Å². The van der Waals surface area contributed by atoms with Crippen LogP contribution in [0.2, 0.25) is 0 Å². The van der Waals surface area contributed by atoms with E-state index in [1.165, 1.54) is 17.8 Å². The summed E-state index contributed by atoms with van der Waals surface area (Å²) in [4.78, 5) is 12.3. The zero-order valence-electron chi connectivity index (χ0n) is 12.1. The highest BCUT2D eigenvalue weighted by atomic mass is 32.1. The Morgan fingerprint density at radius 2 is 2.35 bits per heavy atom. The van der Waals surface area contributed by atoms with E-state index >= 15 is 0 Å². The predicted molar refractivity (Wildman–Crippen MR) is 80.3 cm³/mol. The summed E-state index contributed by atoms with van der Waals surface area (Å²) in [6, 6.07) is 1.73. The summed E-state index contributed by atoms with van der Waals surface area (Å²) in [5.41, 5.74) is 0.414. The summed E-state index contributed by atoms with van der Waals surface area (Å²) in [6.07, 6.45) is 3.99. The Labute approximate surface area is 123 Å². The first-order chi connectivity index (χ1) is 9.39. The standard InChI is InChI=1S/C15H23NO3S/c1-10-4-3-5-15(19,7-10)9-16-8-12-6-13(14(17)18)20-11(12)2/h6,10,16,19H,3-5,7-9H2,1-2H3,(H,17,18). The van der Waals surface area contributed by atoms with E-state index in [-0.39, 0.29) is 0 Å². The van der Waals surface area contributed by atoms with Crippen molar-refractivity contribution in [3.05, 3.63) is 21.4 Å². The smallest absolute Gasteiger partial charge is 0.345 e. The number of hydrogen-bond donors (Lipinski definition) is 3. The first-order valence-corrected chi connectivity index (χ1v) is 7.97. The van der Waals surface area contributed by atoms with Crippen LogP contribution in [-0.2, 0) is 6.54 Å². The summed E-state index contributed by atoms with van der Waals surface area (Å²) < 4.78 is 0. The number of aromatic carboxylic acids is 1. The summed E-state index contributed by atoms with van der Waals surface area (Å²) >= 11 is 1.31. The average Bonchev–Trinajstić information content (AvgIpc) is 2.71. The van der Waals surface area contributed by atoms with E-state index in [1.54, 1.807) is 6.07 Å². The van der Waals surface area contributed by atoms with Crippen LogP contribution in [0, 0.1) is 12.8 Å². The molecule has 3 N–H and O–H groups in total. The third kappa shape index (κ3) is 3.81. The first kappa shape index (κ1) is 15.5. The van der Waals surface area contributed by atoms with Gasteiger partial charge in [0.15, 0.2) is 0 Å². The lowest BCUT2D eigenvalue weighted by Gasteiger charge is -2.35. The molecule has 5 heteroatoms. The molecule has 1 saturated carbocycles. The molecular formula is C15H23NO3S. The zero-order valence-corrected chi connectivity index (χ0v) is 12.9. The van der Waals surface area contributed by atoms with E-state index in [9.17, 15) is 9.90 Å². The van der Waals surface area contributed by atoms with Crippen molar-refractivity contribution >= 4 is 17.3 Å². The second kappa shape index (κ2) is 6.24. The maximum atomic E-state index is 10.9. The lowest BCUT2D eigenvalue weighted by molar-refractivity contribution is -0.0119. The zero-order chi connectivity index (χ0) is 14.8. The van der Waals surface area contributed by atoms with Gasteiger partial charge in [-0.2, -0.15) is 0 Å². The highest BCUT2D eigenvalue weighted by Crippen LogP contribution is 2.31. The SMILES string of the molecule is Cc1sc(C(=O)O)cc1CNCC1(O)CCCC(C)C1. The Morgan fingerprint density at radius 1 is 1.60 bits per heavy atom. The molecule has 0 bridgehead atoms. The van der Waals surface area contributed by atoms with Crippen LogP contribution in [-0.4, -0.2) is 28.3 Å². The van der Waals surface area contributed by atoms with Gasteiger partial charge in [-0.25, -0.2) is 4.79 Å². The van der Waals surface area contributed by atoms with Gasteiger partial charge in [0.25, 0.3) is 0 Å². The van der Waals surface area contributed by atoms with E-state index in [0.717, 1.165) is 29.7 Å². The monoisotopic (exact) mass is 297 g/mol. The topological polar surface area (TPSA) is 69.6 Å². The molecule has 2 rings (SSSR count). The summed E-state index contributed by atoms with van der Waals surface area (Å²) in [6.45, 7) is 5.32. The van der Waals surface area contributed by atoms with E-state index in [4.69, 9.17) is 5.11 Å². The molecule has 112 valence electrons. The molecule has 0 saturated heterocycles. The molecule has 0 aromatic carbocycles.